The summed E-state index contributed by atoms with van der Waals surface area (Å²) >= 11 is 0. The van der Waals surface area contributed by atoms with E-state index < -0.39 is 0 Å². The second-order valence-electron chi connectivity index (χ2n) is 6.49. The molecule has 0 heterocycles. The molecule has 1 fully saturated rings. The summed E-state index contributed by atoms with van der Waals surface area (Å²) in [7, 11) is 2.27. The molecule has 2 heteroatoms. The topological polar surface area (TPSA) is 15.3 Å². The first-order valence-corrected chi connectivity index (χ1v) is 7.47. The lowest BCUT2D eigenvalue weighted by Crippen LogP contribution is -2.34. The lowest BCUT2D eigenvalue weighted by molar-refractivity contribution is 0.209. The Morgan fingerprint density at radius 2 is 1.82 bits per heavy atom. The summed E-state index contributed by atoms with van der Waals surface area (Å²) in [4.78, 5) is 2.51. The molecule has 0 atom stereocenters. The van der Waals surface area contributed by atoms with Gasteiger partial charge >= 0.3 is 0 Å². The van der Waals surface area contributed by atoms with Gasteiger partial charge in [-0.3, -0.25) is 0 Å². The summed E-state index contributed by atoms with van der Waals surface area (Å²) in [5.74, 6) is 2.70. The molecule has 0 unspecified atom stereocenters. The number of nitrogens with zero attached hydrogens (tertiary/aromatic N) is 1. The zero-order chi connectivity index (χ0) is 12.7. The fraction of sp³-hybridized carbons (Fsp3) is 1.00. The Labute approximate surface area is 108 Å². The highest BCUT2D eigenvalue weighted by atomic mass is 15.1. The van der Waals surface area contributed by atoms with E-state index in [2.05, 4.69) is 38.0 Å². The van der Waals surface area contributed by atoms with E-state index in [1.165, 1.54) is 38.8 Å². The van der Waals surface area contributed by atoms with Gasteiger partial charge in [-0.25, -0.2) is 0 Å². The van der Waals surface area contributed by atoms with E-state index in [1.54, 1.807) is 0 Å². The second kappa shape index (κ2) is 8.10. The third-order valence-electron chi connectivity index (χ3n) is 3.93. The van der Waals surface area contributed by atoms with Crippen LogP contribution in [-0.2, 0) is 0 Å². The normalized spacial score (nSPS) is 25.8. The van der Waals surface area contributed by atoms with Crippen LogP contribution in [0.3, 0.4) is 0 Å². The summed E-state index contributed by atoms with van der Waals surface area (Å²) in [5.41, 5.74) is 0. The molecule has 0 radical (unpaired) electrons. The van der Waals surface area contributed by atoms with Crippen LogP contribution < -0.4 is 5.32 Å². The fourth-order valence-corrected chi connectivity index (χ4v) is 2.70. The molecule has 1 saturated carbocycles. The van der Waals surface area contributed by atoms with Crippen LogP contribution in [-0.4, -0.2) is 38.1 Å². The van der Waals surface area contributed by atoms with Crippen LogP contribution in [0.4, 0.5) is 0 Å². The first-order valence-electron chi connectivity index (χ1n) is 7.47. The molecular formula is C15H32N2. The minimum absolute atomic E-state index is 0.764. The van der Waals surface area contributed by atoms with Gasteiger partial charge in [0.1, 0.15) is 0 Å². The van der Waals surface area contributed by atoms with Gasteiger partial charge in [0.15, 0.2) is 0 Å². The lowest BCUT2D eigenvalue weighted by Gasteiger charge is -2.29. The maximum absolute atomic E-state index is 3.52. The molecule has 0 aliphatic heterocycles. The molecular weight excluding hydrogens is 208 g/mol. The number of likely N-dealkylation sites (N-methyl/N-ethyl adjacent to an activating group) is 1. The highest BCUT2D eigenvalue weighted by molar-refractivity contribution is 4.72. The van der Waals surface area contributed by atoms with Crippen LogP contribution in [0.2, 0.25) is 0 Å². The van der Waals surface area contributed by atoms with Crippen LogP contribution in [0.25, 0.3) is 0 Å². The van der Waals surface area contributed by atoms with Gasteiger partial charge in [-0.05, 0) is 44.2 Å². The minimum Gasteiger partial charge on any atom is -0.315 e. The molecule has 2 nitrogen and oxygen atoms in total. The molecule has 0 aromatic carbocycles. The van der Waals surface area contributed by atoms with Gasteiger partial charge < -0.3 is 10.2 Å². The van der Waals surface area contributed by atoms with Crippen molar-refractivity contribution in [1.82, 2.24) is 10.2 Å². The largest absolute Gasteiger partial charge is 0.315 e. The Bertz CT molecular complexity index is 183. The molecule has 0 aromatic rings. The summed E-state index contributed by atoms with van der Waals surface area (Å²) in [5, 5.41) is 3.52. The molecule has 1 aliphatic rings. The monoisotopic (exact) mass is 240 g/mol. The molecule has 17 heavy (non-hydrogen) atoms. The first kappa shape index (κ1) is 15.0. The number of hydrogen-bond donors (Lipinski definition) is 1. The van der Waals surface area contributed by atoms with Crippen LogP contribution in [0.1, 0.15) is 46.5 Å². The highest BCUT2D eigenvalue weighted by Crippen LogP contribution is 2.28. The average molecular weight is 240 g/mol. The van der Waals surface area contributed by atoms with Gasteiger partial charge in [0.2, 0.25) is 0 Å². The van der Waals surface area contributed by atoms with Crippen LogP contribution >= 0.6 is 0 Å². The van der Waals surface area contributed by atoms with Gasteiger partial charge in [-0.15, -0.1) is 0 Å². The lowest BCUT2D eigenvalue weighted by atomic mass is 9.83. The van der Waals surface area contributed by atoms with E-state index in [1.807, 2.05) is 0 Å². The SMILES string of the molecule is CC(C)CNCCN(C)CC1CCC(C)CC1. The number of rotatable bonds is 7. The fourth-order valence-electron chi connectivity index (χ4n) is 2.70. The molecule has 0 aromatic heterocycles. The van der Waals surface area contributed by atoms with Crippen molar-refractivity contribution in [2.45, 2.75) is 46.5 Å². The van der Waals surface area contributed by atoms with E-state index >= 15 is 0 Å². The Kier molecular flexibility index (Phi) is 7.14. The van der Waals surface area contributed by atoms with Crippen LogP contribution in [0.15, 0.2) is 0 Å². The molecule has 0 amide bonds. The smallest absolute Gasteiger partial charge is 0.0104 e. The van der Waals surface area contributed by atoms with Crippen LogP contribution in [0, 0.1) is 17.8 Å². The van der Waals surface area contributed by atoms with Crippen molar-refractivity contribution in [1.29, 1.82) is 0 Å². The third-order valence-corrected chi connectivity index (χ3v) is 3.93. The molecule has 0 spiro atoms. The Morgan fingerprint density at radius 3 is 2.41 bits per heavy atom. The van der Waals surface area contributed by atoms with E-state index in [9.17, 15) is 0 Å². The van der Waals surface area contributed by atoms with Crippen molar-refractivity contribution in [2.75, 3.05) is 33.2 Å². The summed E-state index contributed by atoms with van der Waals surface area (Å²) < 4.78 is 0. The molecule has 0 saturated heterocycles. The predicted octanol–water partition coefficient (Wildman–Crippen LogP) is 2.99. The van der Waals surface area contributed by atoms with E-state index in [0.29, 0.717) is 0 Å². The van der Waals surface area contributed by atoms with Crippen molar-refractivity contribution in [3.05, 3.63) is 0 Å². The zero-order valence-corrected chi connectivity index (χ0v) is 12.3. The quantitative estimate of drug-likeness (QED) is 0.688. The van der Waals surface area contributed by atoms with E-state index in [0.717, 1.165) is 30.8 Å². The maximum atomic E-state index is 3.52. The summed E-state index contributed by atoms with van der Waals surface area (Å²) in [6.45, 7) is 11.7. The zero-order valence-electron chi connectivity index (χ0n) is 12.3. The predicted molar refractivity (Wildman–Crippen MR) is 76.3 cm³/mol. The van der Waals surface area contributed by atoms with Crippen molar-refractivity contribution in [2.24, 2.45) is 17.8 Å². The first-order chi connectivity index (χ1) is 8.08. The van der Waals surface area contributed by atoms with Crippen molar-refractivity contribution >= 4 is 0 Å². The Morgan fingerprint density at radius 1 is 1.18 bits per heavy atom. The van der Waals surface area contributed by atoms with Crippen molar-refractivity contribution < 1.29 is 0 Å². The Balaban J connectivity index is 2.02. The molecule has 1 rings (SSSR count). The summed E-state index contributed by atoms with van der Waals surface area (Å²) in [6.07, 6.45) is 5.80. The molecule has 102 valence electrons. The standard InChI is InChI=1S/C15H32N2/c1-13(2)11-16-9-10-17(4)12-15-7-5-14(3)6-8-15/h13-16H,5-12H2,1-4H3. The highest BCUT2D eigenvalue weighted by Gasteiger charge is 2.19. The van der Waals surface area contributed by atoms with Gasteiger partial charge in [0.25, 0.3) is 0 Å². The maximum Gasteiger partial charge on any atom is 0.0104 e. The molecule has 0 bridgehead atoms. The molecule has 1 N–H and O–H groups in total. The number of hydrogen-bond acceptors (Lipinski definition) is 2. The second-order valence-corrected chi connectivity index (χ2v) is 6.49. The van der Waals surface area contributed by atoms with Gasteiger partial charge in [0.05, 0.1) is 0 Å². The number of nitrogens with one attached hydrogen (secondary N) is 1. The summed E-state index contributed by atoms with van der Waals surface area (Å²) in [6, 6.07) is 0. The third kappa shape index (κ3) is 7.05. The minimum atomic E-state index is 0.764. The van der Waals surface area contributed by atoms with E-state index in [-0.39, 0.29) is 0 Å². The van der Waals surface area contributed by atoms with Crippen LogP contribution in [0.5, 0.6) is 0 Å². The van der Waals surface area contributed by atoms with E-state index in [4.69, 9.17) is 0 Å². The van der Waals surface area contributed by atoms with Gasteiger partial charge in [0, 0.05) is 19.6 Å². The molecule has 1 aliphatic carbocycles. The van der Waals surface area contributed by atoms with Gasteiger partial charge in [-0.1, -0.05) is 33.6 Å². The van der Waals surface area contributed by atoms with Crippen molar-refractivity contribution in [3.63, 3.8) is 0 Å². The Hall–Kier alpha value is -0.0800. The van der Waals surface area contributed by atoms with Crippen molar-refractivity contribution in [3.8, 4) is 0 Å². The van der Waals surface area contributed by atoms with Gasteiger partial charge in [-0.2, -0.15) is 0 Å². The average Bonchev–Trinajstić information content (AvgIpc) is 2.27.